The first-order valence-corrected chi connectivity index (χ1v) is 6.25. The predicted octanol–water partition coefficient (Wildman–Crippen LogP) is 2.71. The molecule has 0 aliphatic heterocycles. The monoisotopic (exact) mass is 321 g/mol. The number of nitrogens with zero attached hydrogens (tertiary/aromatic N) is 2. The number of hydrogen-bond acceptors (Lipinski definition) is 5. The number of anilines is 1. The van der Waals surface area contributed by atoms with Gasteiger partial charge in [0.1, 0.15) is 5.82 Å². The molecule has 0 saturated heterocycles. The van der Waals surface area contributed by atoms with Crippen LogP contribution >= 0.6 is 11.3 Å². The Kier molecular flexibility index (Phi) is 4.36. The second-order valence-corrected chi connectivity index (χ2v) is 4.66. The lowest BCUT2D eigenvalue weighted by atomic mass is 10.3. The molecule has 0 radical (unpaired) electrons. The number of ether oxygens (including phenoxy) is 1. The van der Waals surface area contributed by atoms with Gasteiger partial charge in [-0.05, 0) is 18.2 Å². The summed E-state index contributed by atoms with van der Waals surface area (Å²) in [4.78, 5) is 11.5. The molecule has 0 fully saturated rings. The second kappa shape index (κ2) is 6.04. The minimum atomic E-state index is -4.61. The van der Waals surface area contributed by atoms with E-state index in [-0.39, 0.29) is 22.2 Å². The Morgan fingerprint density at radius 1 is 1.33 bits per heavy atom. The molecule has 5 nitrogen and oxygen atoms in total. The van der Waals surface area contributed by atoms with Crippen molar-refractivity contribution in [1.29, 1.82) is 0 Å². The highest BCUT2D eigenvalue weighted by atomic mass is 32.1. The largest absolute Gasteiger partial charge is 0.459 e. The molecule has 112 valence electrons. The van der Waals surface area contributed by atoms with Gasteiger partial charge in [0.05, 0.1) is 0 Å². The first-order chi connectivity index (χ1) is 9.84. The predicted molar refractivity (Wildman–Crippen MR) is 65.4 cm³/mol. The minimum Gasteiger partial charge on any atom is -0.459 e. The van der Waals surface area contributed by atoms with Crippen molar-refractivity contribution in [3.05, 3.63) is 35.1 Å². The summed E-state index contributed by atoms with van der Waals surface area (Å²) >= 11 is 0.181. The van der Waals surface area contributed by atoms with E-state index in [0.717, 1.165) is 6.07 Å². The molecule has 1 aromatic heterocycles. The Morgan fingerprint density at radius 3 is 2.71 bits per heavy atom. The standard InChI is InChI=1S/C11H7F4N3O2S/c12-6-2-1-3-7(4-6)16-8(19)5-20-10-18-17-9(21-10)11(13,14)15/h1-4H,5H2,(H,16,19). The number of aromatic nitrogens is 2. The molecule has 2 aromatic rings. The van der Waals surface area contributed by atoms with Crippen LogP contribution in [-0.4, -0.2) is 22.7 Å². The van der Waals surface area contributed by atoms with E-state index < -0.39 is 29.5 Å². The fourth-order valence-corrected chi connectivity index (χ4v) is 1.84. The molecule has 0 aliphatic carbocycles. The molecule has 10 heteroatoms. The average molecular weight is 321 g/mol. The number of hydrogen-bond donors (Lipinski definition) is 1. The molecule has 0 aliphatic rings. The quantitative estimate of drug-likeness (QED) is 0.880. The number of benzene rings is 1. The molecule has 1 amide bonds. The summed E-state index contributed by atoms with van der Waals surface area (Å²) < 4.78 is 54.5. The molecule has 0 atom stereocenters. The van der Waals surface area contributed by atoms with Crippen LogP contribution in [0.3, 0.4) is 0 Å². The maximum atomic E-state index is 12.9. The first kappa shape index (κ1) is 15.2. The molecular formula is C11H7F4N3O2S. The van der Waals surface area contributed by atoms with Crippen LogP contribution in [0.2, 0.25) is 0 Å². The number of alkyl halides is 3. The molecule has 0 spiro atoms. The summed E-state index contributed by atoms with van der Waals surface area (Å²) in [7, 11) is 0. The van der Waals surface area contributed by atoms with E-state index in [4.69, 9.17) is 4.74 Å². The van der Waals surface area contributed by atoms with Gasteiger partial charge in [-0.25, -0.2) is 4.39 Å². The maximum Gasteiger partial charge on any atom is 0.445 e. The smallest absolute Gasteiger partial charge is 0.445 e. The van der Waals surface area contributed by atoms with Crippen LogP contribution in [0.25, 0.3) is 0 Å². The third-order valence-electron chi connectivity index (χ3n) is 2.08. The maximum absolute atomic E-state index is 12.9. The van der Waals surface area contributed by atoms with Gasteiger partial charge >= 0.3 is 6.18 Å². The number of carbonyl (C=O) groups is 1. The van der Waals surface area contributed by atoms with Crippen molar-refractivity contribution in [2.75, 3.05) is 11.9 Å². The van der Waals surface area contributed by atoms with Crippen LogP contribution in [-0.2, 0) is 11.0 Å². The van der Waals surface area contributed by atoms with Crippen molar-refractivity contribution in [2.45, 2.75) is 6.18 Å². The van der Waals surface area contributed by atoms with Crippen LogP contribution < -0.4 is 10.1 Å². The number of rotatable bonds is 4. The zero-order valence-corrected chi connectivity index (χ0v) is 11.0. The minimum absolute atomic E-state index is 0.181. The number of halogens is 4. The van der Waals surface area contributed by atoms with Gasteiger partial charge in [0, 0.05) is 5.69 Å². The van der Waals surface area contributed by atoms with Crippen LogP contribution in [0, 0.1) is 5.82 Å². The molecule has 1 heterocycles. The summed E-state index contributed by atoms with van der Waals surface area (Å²) in [6, 6.07) is 5.14. The lowest BCUT2D eigenvalue weighted by molar-refractivity contribution is -0.138. The van der Waals surface area contributed by atoms with Crippen molar-refractivity contribution in [3.8, 4) is 5.19 Å². The topological polar surface area (TPSA) is 64.1 Å². The van der Waals surface area contributed by atoms with Gasteiger partial charge < -0.3 is 10.1 Å². The summed E-state index contributed by atoms with van der Waals surface area (Å²) in [5, 5.41) is 6.84. The van der Waals surface area contributed by atoms with Crippen molar-refractivity contribution in [3.63, 3.8) is 0 Å². The van der Waals surface area contributed by atoms with Crippen molar-refractivity contribution < 1.29 is 27.1 Å². The number of carbonyl (C=O) groups excluding carboxylic acids is 1. The Labute approximate surface area is 119 Å². The average Bonchev–Trinajstić information content (AvgIpc) is 2.85. The Hall–Kier alpha value is -2.23. The Morgan fingerprint density at radius 2 is 2.10 bits per heavy atom. The van der Waals surface area contributed by atoms with Crippen molar-refractivity contribution in [2.24, 2.45) is 0 Å². The third kappa shape index (κ3) is 4.38. The van der Waals surface area contributed by atoms with Crippen LogP contribution in [0.5, 0.6) is 5.19 Å². The van der Waals surface area contributed by atoms with Gasteiger partial charge in [-0.3, -0.25) is 4.79 Å². The first-order valence-electron chi connectivity index (χ1n) is 5.43. The van der Waals surface area contributed by atoms with Gasteiger partial charge in [-0.2, -0.15) is 13.2 Å². The summed E-state index contributed by atoms with van der Waals surface area (Å²) in [5.41, 5.74) is 0.205. The highest BCUT2D eigenvalue weighted by Crippen LogP contribution is 2.33. The molecule has 21 heavy (non-hydrogen) atoms. The summed E-state index contributed by atoms with van der Waals surface area (Å²) in [6.07, 6.45) is -4.61. The SMILES string of the molecule is O=C(COc1nnc(C(F)(F)F)s1)Nc1cccc(F)c1. The molecule has 2 rings (SSSR count). The fraction of sp³-hybridized carbons (Fsp3) is 0.182. The fourth-order valence-electron chi connectivity index (χ4n) is 1.27. The van der Waals surface area contributed by atoms with E-state index in [2.05, 4.69) is 15.5 Å². The molecule has 1 aromatic carbocycles. The number of nitrogens with one attached hydrogen (secondary N) is 1. The van der Waals surface area contributed by atoms with Crippen molar-refractivity contribution >= 4 is 22.9 Å². The molecule has 0 bridgehead atoms. The molecule has 0 saturated carbocycles. The van der Waals surface area contributed by atoms with Crippen LogP contribution in [0.15, 0.2) is 24.3 Å². The lowest BCUT2D eigenvalue weighted by Gasteiger charge is -2.05. The molecule has 0 unspecified atom stereocenters. The zero-order chi connectivity index (χ0) is 15.5. The van der Waals surface area contributed by atoms with E-state index in [9.17, 15) is 22.4 Å². The molecule has 1 N–H and O–H groups in total. The second-order valence-electron chi connectivity index (χ2n) is 3.72. The number of amides is 1. The zero-order valence-electron chi connectivity index (χ0n) is 10.1. The normalized spacial score (nSPS) is 11.2. The highest BCUT2D eigenvalue weighted by molar-refractivity contribution is 7.13. The van der Waals surface area contributed by atoms with E-state index in [1.165, 1.54) is 18.2 Å². The van der Waals surface area contributed by atoms with Gasteiger partial charge in [-0.15, -0.1) is 5.10 Å². The van der Waals surface area contributed by atoms with E-state index >= 15 is 0 Å². The lowest BCUT2D eigenvalue weighted by Crippen LogP contribution is -2.20. The van der Waals surface area contributed by atoms with Gasteiger partial charge in [-0.1, -0.05) is 22.5 Å². The van der Waals surface area contributed by atoms with Crippen LogP contribution in [0.1, 0.15) is 5.01 Å². The van der Waals surface area contributed by atoms with Gasteiger partial charge in [0.25, 0.3) is 11.1 Å². The summed E-state index contributed by atoms with van der Waals surface area (Å²) in [6.45, 7) is -0.566. The van der Waals surface area contributed by atoms with E-state index in [0.29, 0.717) is 0 Å². The van der Waals surface area contributed by atoms with Gasteiger partial charge in [0.15, 0.2) is 6.61 Å². The van der Waals surface area contributed by atoms with E-state index in [1.54, 1.807) is 0 Å². The van der Waals surface area contributed by atoms with Crippen molar-refractivity contribution in [1.82, 2.24) is 10.2 Å². The summed E-state index contributed by atoms with van der Waals surface area (Å²) in [5.74, 6) is -1.20. The third-order valence-corrected chi connectivity index (χ3v) is 2.96. The van der Waals surface area contributed by atoms with E-state index in [1.807, 2.05) is 0 Å². The van der Waals surface area contributed by atoms with Crippen LogP contribution in [0.4, 0.5) is 23.2 Å². The highest BCUT2D eigenvalue weighted by Gasteiger charge is 2.36. The molecular weight excluding hydrogens is 314 g/mol. The van der Waals surface area contributed by atoms with Gasteiger partial charge in [0.2, 0.25) is 5.01 Å². The Bertz CT molecular complexity index is 644. The Balaban J connectivity index is 1.88.